The van der Waals surface area contributed by atoms with Crippen LogP contribution in [-0.4, -0.2) is 33.0 Å². The molecule has 4 nitrogen and oxygen atoms in total. The highest BCUT2D eigenvalue weighted by atomic mass is 16.4. The van der Waals surface area contributed by atoms with E-state index in [1.165, 1.54) is 11.3 Å². The minimum absolute atomic E-state index is 0.312. The highest BCUT2D eigenvalue weighted by Gasteiger charge is 2.29. The maximum atomic E-state index is 11.1. The molecule has 0 aromatic carbocycles. The number of nitrogens with zero attached hydrogens (tertiary/aromatic N) is 2. The van der Waals surface area contributed by atoms with Gasteiger partial charge in [-0.3, -0.25) is 0 Å². The van der Waals surface area contributed by atoms with Gasteiger partial charge in [0, 0.05) is 30.5 Å². The molecule has 0 saturated heterocycles. The smallest absolute Gasteiger partial charge is 0.401 e. The molecule has 0 atom stereocenters. The number of likely N-dealkylation sites (N-methyl/N-ethyl adjacent to an activating group) is 1. The summed E-state index contributed by atoms with van der Waals surface area (Å²) in [5.41, 5.74) is 5.71. The number of carboxylic acids is 1. The van der Waals surface area contributed by atoms with Crippen molar-refractivity contribution in [3.05, 3.63) is 40.4 Å². The molecule has 1 aromatic rings. The number of aryl methyl sites for hydroxylation is 2. The summed E-state index contributed by atoms with van der Waals surface area (Å²) < 4.78 is 3.83. The lowest BCUT2D eigenvalue weighted by Gasteiger charge is -2.03. The van der Waals surface area contributed by atoms with Crippen molar-refractivity contribution in [1.29, 1.82) is 0 Å². The van der Waals surface area contributed by atoms with Crippen LogP contribution in [0.15, 0.2) is 23.4 Å². The fourth-order valence-electron chi connectivity index (χ4n) is 2.46. The Morgan fingerprint density at radius 3 is 2.42 bits per heavy atom. The Kier molecular flexibility index (Phi) is 3.18. The Morgan fingerprint density at radius 1 is 1.37 bits per heavy atom. The van der Waals surface area contributed by atoms with E-state index in [1.54, 1.807) is 17.7 Å². The Bertz CT molecular complexity index is 658. The van der Waals surface area contributed by atoms with E-state index in [1.807, 2.05) is 20.0 Å². The molecule has 2 rings (SSSR count). The molecule has 0 amide bonds. The monoisotopic (exact) mass is 259 g/mol. The van der Waals surface area contributed by atoms with E-state index in [2.05, 4.69) is 24.5 Å². The average Bonchev–Trinajstić information content (AvgIpc) is 2.73. The molecule has 1 aliphatic rings. The first-order valence-electron chi connectivity index (χ1n) is 6.20. The summed E-state index contributed by atoms with van der Waals surface area (Å²) in [5, 5.41) is 9.14. The van der Waals surface area contributed by atoms with Gasteiger partial charge in [0.1, 0.15) is 7.05 Å². The third-order valence-corrected chi connectivity index (χ3v) is 3.69. The van der Waals surface area contributed by atoms with Crippen LogP contribution in [0, 0.1) is 13.8 Å². The molecule has 0 bridgehead atoms. The van der Waals surface area contributed by atoms with E-state index in [0.717, 1.165) is 17.0 Å². The third-order valence-electron chi connectivity index (χ3n) is 3.69. The van der Waals surface area contributed by atoms with Crippen LogP contribution in [0.25, 0.3) is 6.08 Å². The van der Waals surface area contributed by atoms with E-state index < -0.39 is 5.97 Å². The summed E-state index contributed by atoms with van der Waals surface area (Å²) >= 11 is 0. The molecule has 100 valence electrons. The number of carboxylic acid groups (broad SMARTS) is 1. The largest absolute Gasteiger partial charge is 0.473 e. The lowest BCUT2D eigenvalue weighted by molar-refractivity contribution is -0.433. The van der Waals surface area contributed by atoms with Crippen LogP contribution in [0.4, 0.5) is 0 Å². The summed E-state index contributed by atoms with van der Waals surface area (Å²) in [6.45, 7) is 6.06. The minimum atomic E-state index is -0.898. The van der Waals surface area contributed by atoms with Gasteiger partial charge in [-0.05, 0) is 32.4 Å². The second-order valence-corrected chi connectivity index (χ2v) is 5.02. The SMILES string of the molecule is CC1=CC(C(=O)O)=[N+](C)C1=Cc1c(C)cc(C)n1C. The number of aromatic nitrogens is 1. The van der Waals surface area contributed by atoms with Gasteiger partial charge >= 0.3 is 5.97 Å². The second kappa shape index (κ2) is 4.53. The van der Waals surface area contributed by atoms with Crippen LogP contribution >= 0.6 is 0 Å². The number of hydrogen-bond donors (Lipinski definition) is 1. The number of allylic oxidation sites excluding steroid dienone is 1. The summed E-state index contributed by atoms with van der Waals surface area (Å²) in [5.74, 6) is -0.898. The highest BCUT2D eigenvalue weighted by Crippen LogP contribution is 2.23. The van der Waals surface area contributed by atoms with E-state index in [-0.39, 0.29) is 0 Å². The number of hydrogen-bond acceptors (Lipinski definition) is 1. The molecular formula is C15H19N2O2+. The first-order valence-corrected chi connectivity index (χ1v) is 6.20. The van der Waals surface area contributed by atoms with Gasteiger partial charge in [-0.2, -0.15) is 4.58 Å². The molecule has 2 heterocycles. The number of carbonyl (C=O) groups is 1. The van der Waals surface area contributed by atoms with Crippen molar-refractivity contribution in [2.24, 2.45) is 7.05 Å². The van der Waals surface area contributed by atoms with E-state index >= 15 is 0 Å². The van der Waals surface area contributed by atoms with Gasteiger partial charge in [0.15, 0.2) is 0 Å². The standard InChI is InChI=1S/C15H18N2O2/c1-9-6-11(3)16(4)12(9)8-13-10(2)7-14(15(18)19)17(13)5/h6-8H,1-5H3/p+1. The van der Waals surface area contributed by atoms with Gasteiger partial charge in [-0.15, -0.1) is 0 Å². The third kappa shape index (κ3) is 2.14. The number of rotatable bonds is 2. The van der Waals surface area contributed by atoms with E-state index in [9.17, 15) is 4.79 Å². The normalized spacial score (nSPS) is 17.3. The van der Waals surface area contributed by atoms with E-state index in [0.29, 0.717) is 5.71 Å². The summed E-state index contributed by atoms with van der Waals surface area (Å²) in [7, 11) is 3.80. The van der Waals surface area contributed by atoms with Gasteiger partial charge in [0.2, 0.25) is 5.70 Å². The van der Waals surface area contributed by atoms with Crippen LogP contribution in [0.2, 0.25) is 0 Å². The Morgan fingerprint density at radius 2 is 2.00 bits per heavy atom. The molecule has 0 radical (unpaired) electrons. The zero-order valence-electron chi connectivity index (χ0n) is 12.0. The Hall–Kier alpha value is -2.10. The minimum Gasteiger partial charge on any atom is -0.473 e. The van der Waals surface area contributed by atoms with Crippen molar-refractivity contribution in [1.82, 2.24) is 4.57 Å². The van der Waals surface area contributed by atoms with Gasteiger partial charge in [0.05, 0.1) is 5.69 Å². The van der Waals surface area contributed by atoms with Crippen molar-refractivity contribution >= 4 is 17.8 Å². The molecule has 0 fully saturated rings. The Balaban J connectivity index is 2.57. The molecule has 19 heavy (non-hydrogen) atoms. The zero-order valence-corrected chi connectivity index (χ0v) is 12.0. The molecule has 1 N–H and O–H groups in total. The van der Waals surface area contributed by atoms with Crippen LogP contribution in [0.3, 0.4) is 0 Å². The lowest BCUT2D eigenvalue weighted by atomic mass is 10.1. The van der Waals surface area contributed by atoms with Gasteiger partial charge in [0.25, 0.3) is 5.71 Å². The molecule has 0 saturated carbocycles. The van der Waals surface area contributed by atoms with Crippen LogP contribution in [0.1, 0.15) is 23.9 Å². The van der Waals surface area contributed by atoms with Crippen LogP contribution in [0.5, 0.6) is 0 Å². The summed E-state index contributed by atoms with van der Waals surface area (Å²) in [6, 6.07) is 2.13. The van der Waals surface area contributed by atoms with Crippen LogP contribution < -0.4 is 0 Å². The summed E-state index contributed by atoms with van der Waals surface area (Å²) in [4.78, 5) is 11.1. The quantitative estimate of drug-likeness (QED) is 0.827. The maximum absolute atomic E-state index is 11.1. The predicted molar refractivity (Wildman–Crippen MR) is 75.4 cm³/mol. The lowest BCUT2D eigenvalue weighted by Crippen LogP contribution is -2.18. The molecule has 0 spiro atoms. The van der Waals surface area contributed by atoms with Gasteiger partial charge < -0.3 is 9.67 Å². The van der Waals surface area contributed by atoms with Crippen LogP contribution in [-0.2, 0) is 11.8 Å². The first-order chi connectivity index (χ1) is 8.82. The molecule has 1 aliphatic heterocycles. The van der Waals surface area contributed by atoms with Crippen molar-refractivity contribution in [2.45, 2.75) is 20.8 Å². The summed E-state index contributed by atoms with van der Waals surface area (Å²) in [6.07, 6.45) is 3.75. The van der Waals surface area contributed by atoms with Crippen molar-refractivity contribution in [2.75, 3.05) is 7.05 Å². The Labute approximate surface area is 113 Å². The van der Waals surface area contributed by atoms with E-state index in [4.69, 9.17) is 5.11 Å². The molecule has 0 aliphatic carbocycles. The molecule has 1 aromatic heterocycles. The highest BCUT2D eigenvalue weighted by molar-refractivity contribution is 6.39. The zero-order chi connectivity index (χ0) is 14.3. The fourth-order valence-corrected chi connectivity index (χ4v) is 2.46. The van der Waals surface area contributed by atoms with Crippen molar-refractivity contribution in [3.63, 3.8) is 0 Å². The topological polar surface area (TPSA) is 45.2 Å². The average molecular weight is 259 g/mol. The fraction of sp³-hybridized carbons (Fsp3) is 0.333. The molecular weight excluding hydrogens is 240 g/mol. The van der Waals surface area contributed by atoms with Gasteiger partial charge in [-0.1, -0.05) is 0 Å². The first kappa shape index (κ1) is 13.3. The predicted octanol–water partition coefficient (Wildman–Crippen LogP) is 2.11. The van der Waals surface area contributed by atoms with Crippen molar-refractivity contribution in [3.8, 4) is 0 Å². The second-order valence-electron chi connectivity index (χ2n) is 5.02. The van der Waals surface area contributed by atoms with Gasteiger partial charge in [-0.25, -0.2) is 4.79 Å². The molecule has 0 unspecified atom stereocenters. The van der Waals surface area contributed by atoms with Crippen molar-refractivity contribution < 1.29 is 14.5 Å². The molecule has 4 heteroatoms. The maximum Gasteiger partial charge on any atom is 0.401 e. The number of aliphatic carboxylic acids is 1.